The van der Waals surface area contributed by atoms with Gasteiger partial charge in [0, 0.05) is 34.6 Å². The van der Waals surface area contributed by atoms with Gasteiger partial charge in [-0.25, -0.2) is 12.8 Å². The second kappa shape index (κ2) is 9.05. The summed E-state index contributed by atoms with van der Waals surface area (Å²) in [7, 11) is -0.822. The van der Waals surface area contributed by atoms with Crippen molar-refractivity contribution in [2.24, 2.45) is 0 Å². The van der Waals surface area contributed by atoms with Gasteiger partial charge in [-0.15, -0.1) is 0 Å². The number of hydrogen-bond donors (Lipinski definition) is 2. The Balaban J connectivity index is 1.74. The first-order valence-corrected chi connectivity index (χ1v) is 10.6. The number of hydrogen-bond acceptors (Lipinski definition) is 5. The van der Waals surface area contributed by atoms with Crippen LogP contribution in [0, 0.1) is 12.7 Å². The fraction of sp³-hybridized carbons (Fsp3) is 0.136. The van der Waals surface area contributed by atoms with Crippen LogP contribution in [0.25, 0.3) is 0 Å². The number of amides is 1. The minimum absolute atomic E-state index is 0.0713. The molecule has 9 heteroatoms. The number of benzene rings is 3. The lowest BCUT2D eigenvalue weighted by molar-refractivity contribution is 0.102. The van der Waals surface area contributed by atoms with Crippen LogP contribution >= 0.6 is 0 Å². The molecule has 1 amide bonds. The maximum Gasteiger partial charge on any atom is 0.261 e. The van der Waals surface area contributed by atoms with Crippen LogP contribution in [0.1, 0.15) is 15.9 Å². The number of nitrogens with one attached hydrogen (secondary N) is 2. The summed E-state index contributed by atoms with van der Waals surface area (Å²) in [5, 5.41) is 2.76. The molecule has 0 saturated heterocycles. The van der Waals surface area contributed by atoms with Crippen molar-refractivity contribution in [3.63, 3.8) is 0 Å². The van der Waals surface area contributed by atoms with E-state index in [-0.39, 0.29) is 16.5 Å². The molecule has 0 unspecified atom stereocenters. The van der Waals surface area contributed by atoms with Crippen LogP contribution in [-0.4, -0.2) is 28.5 Å². The van der Waals surface area contributed by atoms with Crippen LogP contribution in [0.4, 0.5) is 15.8 Å². The van der Waals surface area contributed by atoms with Crippen molar-refractivity contribution < 1.29 is 27.1 Å². The first kappa shape index (κ1) is 22.1. The van der Waals surface area contributed by atoms with Gasteiger partial charge in [-0.3, -0.25) is 9.52 Å². The molecule has 0 heterocycles. The quantitative estimate of drug-likeness (QED) is 0.570. The highest BCUT2D eigenvalue weighted by molar-refractivity contribution is 7.92. The normalized spacial score (nSPS) is 11.0. The number of carbonyl (C=O) groups excluding carboxylic acids is 1. The Bertz CT molecular complexity index is 1170. The van der Waals surface area contributed by atoms with E-state index in [2.05, 4.69) is 10.0 Å². The first-order chi connectivity index (χ1) is 14.7. The number of sulfonamides is 1. The molecular formula is C22H21FN2O5S. The SMILES string of the molecule is COc1cc(NC(=O)c2ccc(NS(=O)(=O)c3ccc(F)cc3)cc2)cc(OC)c1C. The summed E-state index contributed by atoms with van der Waals surface area (Å²) in [5.74, 6) is 0.222. The van der Waals surface area contributed by atoms with Gasteiger partial charge >= 0.3 is 0 Å². The van der Waals surface area contributed by atoms with Crippen molar-refractivity contribution >= 4 is 27.3 Å². The topological polar surface area (TPSA) is 93.7 Å². The maximum atomic E-state index is 13.0. The Morgan fingerprint density at radius 2 is 1.42 bits per heavy atom. The van der Waals surface area contributed by atoms with Crippen molar-refractivity contribution in [2.75, 3.05) is 24.3 Å². The molecule has 3 aromatic rings. The molecular weight excluding hydrogens is 423 g/mol. The van der Waals surface area contributed by atoms with E-state index in [0.717, 1.165) is 17.7 Å². The van der Waals surface area contributed by atoms with Gasteiger partial charge in [0.2, 0.25) is 0 Å². The molecule has 2 N–H and O–H groups in total. The van der Waals surface area contributed by atoms with Gasteiger partial charge in [-0.2, -0.15) is 0 Å². The standard InChI is InChI=1S/C22H21FN2O5S/c1-14-20(29-2)12-18(13-21(14)30-3)24-22(26)15-4-8-17(9-5-15)25-31(27,28)19-10-6-16(23)7-11-19/h4-13,25H,1-3H3,(H,24,26). The lowest BCUT2D eigenvalue weighted by Gasteiger charge is -2.13. The van der Waals surface area contributed by atoms with Gasteiger partial charge in [0.25, 0.3) is 15.9 Å². The van der Waals surface area contributed by atoms with Gasteiger partial charge < -0.3 is 14.8 Å². The molecule has 0 aliphatic heterocycles. The maximum absolute atomic E-state index is 13.0. The number of rotatable bonds is 7. The van der Waals surface area contributed by atoms with Crippen molar-refractivity contribution in [1.29, 1.82) is 0 Å². The van der Waals surface area contributed by atoms with Crippen LogP contribution in [-0.2, 0) is 10.0 Å². The number of carbonyl (C=O) groups is 1. The van der Waals surface area contributed by atoms with E-state index in [1.165, 1.54) is 50.6 Å². The first-order valence-electron chi connectivity index (χ1n) is 9.16. The molecule has 3 rings (SSSR count). The summed E-state index contributed by atoms with van der Waals surface area (Å²) in [6, 6.07) is 13.7. The summed E-state index contributed by atoms with van der Waals surface area (Å²) in [4.78, 5) is 12.5. The van der Waals surface area contributed by atoms with Gasteiger partial charge in [0.05, 0.1) is 19.1 Å². The molecule has 0 saturated carbocycles. The summed E-state index contributed by atoms with van der Waals surface area (Å²) in [5.41, 5.74) is 1.88. The van der Waals surface area contributed by atoms with E-state index in [0.29, 0.717) is 22.7 Å². The Hall–Kier alpha value is -3.59. The fourth-order valence-corrected chi connectivity index (χ4v) is 3.94. The van der Waals surface area contributed by atoms with E-state index in [4.69, 9.17) is 9.47 Å². The van der Waals surface area contributed by atoms with E-state index < -0.39 is 15.8 Å². The van der Waals surface area contributed by atoms with Gasteiger partial charge in [-0.1, -0.05) is 0 Å². The second-order valence-corrected chi connectivity index (χ2v) is 8.28. The van der Waals surface area contributed by atoms with Crippen LogP contribution in [0.2, 0.25) is 0 Å². The zero-order valence-corrected chi connectivity index (χ0v) is 17.9. The van der Waals surface area contributed by atoms with Crippen molar-refractivity contribution in [3.8, 4) is 11.5 Å². The lowest BCUT2D eigenvalue weighted by Crippen LogP contribution is -2.14. The molecule has 0 atom stereocenters. The average Bonchev–Trinajstić information content (AvgIpc) is 2.75. The van der Waals surface area contributed by atoms with Gasteiger partial charge in [-0.05, 0) is 55.5 Å². The van der Waals surface area contributed by atoms with Crippen LogP contribution < -0.4 is 19.5 Å². The molecule has 0 spiro atoms. The predicted molar refractivity (Wildman–Crippen MR) is 116 cm³/mol. The smallest absolute Gasteiger partial charge is 0.261 e. The molecule has 31 heavy (non-hydrogen) atoms. The van der Waals surface area contributed by atoms with Crippen molar-refractivity contribution in [3.05, 3.63) is 77.6 Å². The molecule has 0 radical (unpaired) electrons. The molecule has 0 aliphatic rings. The molecule has 0 bridgehead atoms. The molecule has 3 aromatic carbocycles. The summed E-state index contributed by atoms with van der Waals surface area (Å²) >= 11 is 0. The Morgan fingerprint density at radius 1 is 0.871 bits per heavy atom. The molecule has 0 aromatic heterocycles. The zero-order chi connectivity index (χ0) is 22.6. The van der Waals surface area contributed by atoms with Crippen LogP contribution in [0.5, 0.6) is 11.5 Å². The Labute approximate surface area is 179 Å². The van der Waals surface area contributed by atoms with Gasteiger partial charge in [0.1, 0.15) is 17.3 Å². The lowest BCUT2D eigenvalue weighted by atomic mass is 10.1. The number of halogens is 1. The highest BCUT2D eigenvalue weighted by atomic mass is 32.2. The second-order valence-electron chi connectivity index (χ2n) is 6.60. The molecule has 162 valence electrons. The highest BCUT2D eigenvalue weighted by Crippen LogP contribution is 2.32. The monoisotopic (exact) mass is 444 g/mol. The van der Waals surface area contributed by atoms with E-state index in [1.54, 1.807) is 12.1 Å². The highest BCUT2D eigenvalue weighted by Gasteiger charge is 2.15. The van der Waals surface area contributed by atoms with Gasteiger partial charge in [0.15, 0.2) is 0 Å². The predicted octanol–water partition coefficient (Wildman–Crippen LogP) is 4.20. The summed E-state index contributed by atoms with van der Waals surface area (Å²) < 4.78 is 50.8. The Morgan fingerprint density at radius 3 is 1.94 bits per heavy atom. The van der Waals surface area contributed by atoms with E-state index in [1.807, 2.05) is 6.92 Å². The minimum Gasteiger partial charge on any atom is -0.496 e. The van der Waals surface area contributed by atoms with E-state index >= 15 is 0 Å². The zero-order valence-electron chi connectivity index (χ0n) is 17.1. The summed E-state index contributed by atoms with van der Waals surface area (Å²) in [6.45, 7) is 1.84. The fourth-order valence-electron chi connectivity index (χ4n) is 2.88. The minimum atomic E-state index is -3.88. The number of ether oxygens (including phenoxy) is 2. The van der Waals surface area contributed by atoms with E-state index in [9.17, 15) is 17.6 Å². The Kier molecular flexibility index (Phi) is 6.45. The molecule has 0 aliphatic carbocycles. The summed E-state index contributed by atoms with van der Waals surface area (Å²) in [6.07, 6.45) is 0. The average molecular weight is 444 g/mol. The largest absolute Gasteiger partial charge is 0.496 e. The number of anilines is 2. The molecule has 0 fully saturated rings. The third-order valence-electron chi connectivity index (χ3n) is 4.53. The van der Waals surface area contributed by atoms with Crippen molar-refractivity contribution in [2.45, 2.75) is 11.8 Å². The van der Waals surface area contributed by atoms with Crippen molar-refractivity contribution in [1.82, 2.24) is 0 Å². The van der Waals surface area contributed by atoms with Crippen LogP contribution in [0.15, 0.2) is 65.6 Å². The third-order valence-corrected chi connectivity index (χ3v) is 5.93. The third kappa shape index (κ3) is 5.13. The molecule has 7 nitrogen and oxygen atoms in total. The van der Waals surface area contributed by atoms with Crippen LogP contribution in [0.3, 0.4) is 0 Å². The number of methoxy groups -OCH3 is 2.